The molecule has 2 aromatic carbocycles. The molecule has 12 nitrogen and oxygen atoms in total. The lowest BCUT2D eigenvalue weighted by molar-refractivity contribution is -0.256. The third-order valence-corrected chi connectivity index (χ3v) is 6.87. The van der Waals surface area contributed by atoms with Crippen LogP contribution in [0.15, 0.2) is 47.6 Å². The number of hydrogen-bond donors (Lipinski definition) is 3. The summed E-state index contributed by atoms with van der Waals surface area (Å²) in [5, 5.41) is 17.7. The summed E-state index contributed by atoms with van der Waals surface area (Å²) in [4.78, 5) is 33.7. The van der Waals surface area contributed by atoms with Gasteiger partial charge in [0, 0.05) is 31.4 Å². The molecular formula is C28H28F2N6O6. The molecular weight excluding hydrogens is 554 g/mol. The SMILES string of the molecule is COOC(=O)C1CCCN1c1ccc(Oc2c(F)cnc(Oc3cc(C(=N)N)ccc3O)c2F)c(C2=NCCN2C)c1. The fraction of sp³-hybridized carbons (Fsp3) is 0.286. The lowest BCUT2D eigenvalue weighted by Gasteiger charge is -2.26. The number of aliphatic imine (C=N–C) groups is 1. The lowest BCUT2D eigenvalue weighted by atomic mass is 10.1. The van der Waals surface area contributed by atoms with Crippen LogP contribution in [0, 0.1) is 17.0 Å². The van der Waals surface area contributed by atoms with E-state index in [0.29, 0.717) is 43.1 Å². The Hall–Kier alpha value is -4.98. The molecule has 3 heterocycles. The van der Waals surface area contributed by atoms with Crippen LogP contribution < -0.4 is 20.1 Å². The topological polar surface area (TPSA) is 156 Å². The molecule has 4 N–H and O–H groups in total. The van der Waals surface area contributed by atoms with Crippen molar-refractivity contribution in [1.29, 1.82) is 5.41 Å². The lowest BCUT2D eigenvalue weighted by Crippen LogP contribution is -2.37. The number of anilines is 1. The van der Waals surface area contributed by atoms with Crippen molar-refractivity contribution in [3.8, 4) is 28.9 Å². The highest BCUT2D eigenvalue weighted by Crippen LogP contribution is 2.39. The van der Waals surface area contributed by atoms with Gasteiger partial charge in [-0.25, -0.2) is 14.2 Å². The van der Waals surface area contributed by atoms with Crippen molar-refractivity contribution in [2.24, 2.45) is 10.7 Å². The average Bonchev–Trinajstić information content (AvgIpc) is 3.63. The van der Waals surface area contributed by atoms with Crippen LogP contribution in [0.3, 0.4) is 0 Å². The van der Waals surface area contributed by atoms with Crippen molar-refractivity contribution in [3.05, 3.63) is 65.4 Å². The smallest absolute Gasteiger partial charge is 0.364 e. The second kappa shape index (κ2) is 11.9. The molecule has 2 aliphatic heterocycles. The Morgan fingerprint density at radius 2 is 1.95 bits per heavy atom. The van der Waals surface area contributed by atoms with Crippen molar-refractivity contribution < 1.29 is 37.9 Å². The Kier molecular flexibility index (Phi) is 8.06. The summed E-state index contributed by atoms with van der Waals surface area (Å²) in [5.41, 5.74) is 6.81. The summed E-state index contributed by atoms with van der Waals surface area (Å²) in [7, 11) is 3.09. The number of likely N-dealkylation sites (N-methyl/N-ethyl adjacent to an activating group) is 1. The molecule has 1 saturated heterocycles. The maximum atomic E-state index is 15.6. The highest BCUT2D eigenvalue weighted by atomic mass is 19.1. The molecule has 1 fully saturated rings. The number of amidine groups is 2. The summed E-state index contributed by atoms with van der Waals surface area (Å²) in [6.07, 6.45) is 2.04. The molecule has 42 heavy (non-hydrogen) atoms. The number of aromatic hydroxyl groups is 1. The molecule has 0 spiro atoms. The van der Waals surface area contributed by atoms with Crippen molar-refractivity contribution in [2.75, 3.05) is 38.7 Å². The Morgan fingerprint density at radius 1 is 1.14 bits per heavy atom. The summed E-state index contributed by atoms with van der Waals surface area (Å²) < 4.78 is 41.8. The molecule has 2 aliphatic rings. The Balaban J connectivity index is 1.51. The number of benzene rings is 2. The molecule has 1 aromatic heterocycles. The molecule has 1 atom stereocenters. The van der Waals surface area contributed by atoms with E-state index in [2.05, 4.69) is 14.9 Å². The van der Waals surface area contributed by atoms with Crippen LogP contribution in [0.2, 0.25) is 0 Å². The van der Waals surface area contributed by atoms with E-state index in [1.165, 1.54) is 25.3 Å². The minimum Gasteiger partial charge on any atom is -0.504 e. The second-order valence-electron chi connectivity index (χ2n) is 9.58. The predicted octanol–water partition coefficient (Wildman–Crippen LogP) is 3.70. The van der Waals surface area contributed by atoms with Crippen molar-refractivity contribution in [1.82, 2.24) is 9.88 Å². The largest absolute Gasteiger partial charge is 0.504 e. The van der Waals surface area contributed by atoms with Gasteiger partial charge in [-0.1, -0.05) is 0 Å². The van der Waals surface area contributed by atoms with Crippen LogP contribution in [0.1, 0.15) is 24.0 Å². The third kappa shape index (κ3) is 5.61. The number of halogens is 2. The Labute approximate surface area is 239 Å². The molecule has 220 valence electrons. The van der Waals surface area contributed by atoms with Crippen molar-refractivity contribution in [3.63, 3.8) is 0 Å². The van der Waals surface area contributed by atoms with Crippen LogP contribution in [0.4, 0.5) is 14.5 Å². The number of phenolic OH excluding ortho intramolecular Hbond substituents is 1. The molecule has 5 rings (SSSR count). The summed E-state index contributed by atoms with van der Waals surface area (Å²) in [6.45, 7) is 1.72. The van der Waals surface area contributed by atoms with E-state index in [1.807, 2.05) is 16.8 Å². The number of nitrogens with one attached hydrogen (secondary N) is 1. The van der Waals surface area contributed by atoms with Gasteiger partial charge in [0.15, 0.2) is 17.3 Å². The molecule has 0 bridgehead atoms. The van der Waals surface area contributed by atoms with Crippen LogP contribution in [-0.2, 0) is 14.6 Å². The molecule has 1 unspecified atom stereocenters. The maximum absolute atomic E-state index is 15.6. The monoisotopic (exact) mass is 582 g/mol. The van der Waals surface area contributed by atoms with Crippen molar-refractivity contribution in [2.45, 2.75) is 18.9 Å². The first kappa shape index (κ1) is 28.5. The molecule has 14 heteroatoms. The van der Waals surface area contributed by atoms with Gasteiger partial charge in [-0.3, -0.25) is 15.3 Å². The fourth-order valence-corrected chi connectivity index (χ4v) is 4.82. The highest BCUT2D eigenvalue weighted by molar-refractivity contribution is 6.03. The van der Waals surface area contributed by atoms with Crippen LogP contribution in [-0.4, -0.2) is 72.5 Å². The minimum absolute atomic E-state index is 0.0952. The quantitative estimate of drug-likeness (QED) is 0.147. The minimum atomic E-state index is -1.26. The normalized spacial score (nSPS) is 16.4. The van der Waals surface area contributed by atoms with Crippen LogP contribution in [0.5, 0.6) is 28.9 Å². The highest BCUT2D eigenvalue weighted by Gasteiger charge is 2.34. The second-order valence-corrected chi connectivity index (χ2v) is 9.58. The maximum Gasteiger partial charge on any atom is 0.364 e. The first-order valence-corrected chi connectivity index (χ1v) is 13.0. The van der Waals surface area contributed by atoms with E-state index in [4.69, 9.17) is 25.5 Å². The fourth-order valence-electron chi connectivity index (χ4n) is 4.82. The zero-order valence-electron chi connectivity index (χ0n) is 22.8. The van der Waals surface area contributed by atoms with E-state index in [1.54, 1.807) is 18.2 Å². The van der Waals surface area contributed by atoms with Crippen LogP contribution in [0.25, 0.3) is 0 Å². The number of pyridine rings is 1. The van der Waals surface area contributed by atoms with E-state index in [0.717, 1.165) is 12.6 Å². The van der Waals surface area contributed by atoms with E-state index in [9.17, 15) is 14.3 Å². The van der Waals surface area contributed by atoms with Gasteiger partial charge < -0.3 is 30.1 Å². The van der Waals surface area contributed by atoms with Gasteiger partial charge in [-0.05, 0) is 49.2 Å². The molecule has 0 aliphatic carbocycles. The molecule has 0 amide bonds. The van der Waals surface area contributed by atoms with Gasteiger partial charge in [-0.2, -0.15) is 9.28 Å². The number of carbonyl (C=O) groups excluding carboxylic acids is 1. The summed E-state index contributed by atoms with van der Waals surface area (Å²) in [5.74, 6) is -4.64. The first-order valence-electron chi connectivity index (χ1n) is 13.0. The van der Waals surface area contributed by atoms with Crippen molar-refractivity contribution >= 4 is 23.3 Å². The number of nitrogens with two attached hydrogens (primary N) is 1. The predicted molar refractivity (Wildman–Crippen MR) is 147 cm³/mol. The van der Waals surface area contributed by atoms with Gasteiger partial charge in [0.1, 0.15) is 23.5 Å². The van der Waals surface area contributed by atoms with E-state index >= 15 is 4.39 Å². The number of carbonyl (C=O) groups is 1. The Bertz CT molecular complexity index is 1570. The third-order valence-electron chi connectivity index (χ3n) is 6.87. The zero-order valence-corrected chi connectivity index (χ0v) is 22.8. The number of nitrogens with zero attached hydrogens (tertiary/aromatic N) is 4. The Morgan fingerprint density at radius 3 is 2.67 bits per heavy atom. The number of aromatic nitrogens is 1. The van der Waals surface area contributed by atoms with E-state index < -0.39 is 35.3 Å². The van der Waals surface area contributed by atoms with Gasteiger partial charge in [0.25, 0.3) is 5.88 Å². The zero-order chi connectivity index (χ0) is 30.0. The van der Waals surface area contributed by atoms with Gasteiger partial charge in [0.05, 0.1) is 25.4 Å². The number of rotatable bonds is 9. The number of phenols is 1. The number of nitrogen functional groups attached to an aromatic ring is 1. The summed E-state index contributed by atoms with van der Waals surface area (Å²) >= 11 is 0. The molecule has 3 aromatic rings. The average molecular weight is 583 g/mol. The standard InChI is InChI=1S/C28H28F2N6O6/c1-35-11-9-33-26(35)17-13-16(36-10-3-4-19(36)28(38)42-39-2)6-8-21(17)40-24-18(29)14-34-27(23(24)30)41-22-12-15(25(31)32)5-7-20(22)37/h5-8,12-14,19,37H,3-4,9-11H2,1-2H3,(H3,31,32). The van der Waals surface area contributed by atoms with Gasteiger partial charge in [0.2, 0.25) is 11.6 Å². The number of hydrogen-bond acceptors (Lipinski definition) is 11. The van der Waals surface area contributed by atoms with Gasteiger partial charge in [-0.15, -0.1) is 0 Å². The van der Waals surface area contributed by atoms with Crippen LogP contribution >= 0.6 is 0 Å². The summed E-state index contributed by atoms with van der Waals surface area (Å²) in [6, 6.07) is 8.21. The molecule has 0 radical (unpaired) electrons. The van der Waals surface area contributed by atoms with Gasteiger partial charge >= 0.3 is 5.97 Å². The number of ether oxygens (including phenoxy) is 2. The van der Waals surface area contributed by atoms with E-state index in [-0.39, 0.29) is 28.6 Å². The first-order chi connectivity index (χ1) is 20.2. The molecule has 0 saturated carbocycles.